The topological polar surface area (TPSA) is 32.8 Å². The van der Waals surface area contributed by atoms with Gasteiger partial charge in [0.05, 0.1) is 22.7 Å². The van der Waals surface area contributed by atoms with Crippen molar-refractivity contribution in [1.29, 1.82) is 0 Å². The van der Waals surface area contributed by atoms with Gasteiger partial charge in [-0.1, -0.05) is 166 Å². The smallest absolute Gasteiger partial charge is 0.159 e. The van der Waals surface area contributed by atoms with E-state index in [1.165, 1.54) is 147 Å². The molecule has 0 aliphatic heterocycles. The van der Waals surface area contributed by atoms with Gasteiger partial charge in [-0.25, -0.2) is 0 Å². The number of aryl methyl sites for hydroxylation is 4. The summed E-state index contributed by atoms with van der Waals surface area (Å²) < 4.78 is 14.6. The van der Waals surface area contributed by atoms with E-state index in [0.29, 0.717) is 11.8 Å². The first-order chi connectivity index (χ1) is 35.9. The van der Waals surface area contributed by atoms with Gasteiger partial charge in [0.15, 0.2) is 11.2 Å². The highest BCUT2D eigenvalue weighted by atomic mass is 16.3. The fraction of sp³-hybridized carbons (Fsp3) is 0.246. The number of anilines is 6. The lowest BCUT2D eigenvalue weighted by Gasteiger charge is -2.30. The molecular formula is C69H62N2O2. The number of fused-ring (bicyclic) bond motifs is 6. The van der Waals surface area contributed by atoms with Crippen molar-refractivity contribution >= 4 is 110 Å². The number of furan rings is 2. The molecule has 4 nitrogen and oxygen atoms in total. The summed E-state index contributed by atoms with van der Waals surface area (Å²) in [5, 5.41) is 12.1. The van der Waals surface area contributed by atoms with E-state index in [1.54, 1.807) is 0 Å². The number of nitrogens with zero attached hydrogens (tertiary/aromatic N) is 2. The summed E-state index contributed by atoms with van der Waals surface area (Å²) in [5.74, 6) is 1.05. The van der Waals surface area contributed by atoms with Gasteiger partial charge in [0.1, 0.15) is 11.2 Å². The van der Waals surface area contributed by atoms with Gasteiger partial charge in [0.25, 0.3) is 0 Å². The summed E-state index contributed by atoms with van der Waals surface area (Å²) in [4.78, 5) is 4.99. The minimum atomic E-state index is 0.518. The summed E-state index contributed by atoms with van der Waals surface area (Å²) >= 11 is 0. The third-order valence-corrected chi connectivity index (χ3v) is 17.2. The van der Waals surface area contributed by atoms with E-state index in [-0.39, 0.29) is 0 Å². The first-order valence-corrected chi connectivity index (χ1v) is 27.2. The van der Waals surface area contributed by atoms with Crippen LogP contribution in [0.1, 0.15) is 116 Å². The first kappa shape index (κ1) is 44.2. The van der Waals surface area contributed by atoms with Crippen molar-refractivity contribution in [1.82, 2.24) is 0 Å². The molecule has 2 heterocycles. The Bertz CT molecular complexity index is 4100. The molecule has 2 aromatic heterocycles. The number of para-hydroxylation sites is 4. The molecule has 0 amide bonds. The summed E-state index contributed by atoms with van der Waals surface area (Å²) in [7, 11) is 0. The van der Waals surface area contributed by atoms with Gasteiger partial charge in [-0.2, -0.15) is 0 Å². The number of benzene rings is 10. The summed E-state index contributed by atoms with van der Waals surface area (Å²) in [6.07, 6.45) is 14.0. The van der Waals surface area contributed by atoms with Crippen molar-refractivity contribution < 1.29 is 8.83 Å². The molecule has 2 aliphatic carbocycles. The van der Waals surface area contributed by atoms with Crippen molar-refractivity contribution in [3.8, 4) is 0 Å². The van der Waals surface area contributed by atoms with Gasteiger partial charge in [-0.3, -0.25) is 0 Å². The van der Waals surface area contributed by atoms with Gasteiger partial charge >= 0.3 is 0 Å². The van der Waals surface area contributed by atoms with Crippen LogP contribution < -0.4 is 9.80 Å². The van der Waals surface area contributed by atoms with E-state index in [0.717, 1.165) is 67.2 Å². The fourth-order valence-corrected chi connectivity index (χ4v) is 13.5. The Morgan fingerprint density at radius 2 is 0.712 bits per heavy atom. The Labute approximate surface area is 428 Å². The molecule has 0 spiro atoms. The Balaban J connectivity index is 1.00. The van der Waals surface area contributed by atoms with E-state index in [2.05, 4.69) is 195 Å². The van der Waals surface area contributed by atoms with E-state index in [4.69, 9.17) is 8.83 Å². The maximum atomic E-state index is 7.30. The third-order valence-electron chi connectivity index (χ3n) is 17.2. The van der Waals surface area contributed by atoms with Crippen LogP contribution in [0.4, 0.5) is 34.1 Å². The van der Waals surface area contributed by atoms with Crippen molar-refractivity contribution in [2.45, 2.75) is 110 Å². The largest absolute Gasteiger partial charge is 0.454 e. The van der Waals surface area contributed by atoms with Crippen LogP contribution in [0.2, 0.25) is 0 Å². The molecule has 0 atom stereocenters. The number of hydrogen-bond acceptors (Lipinski definition) is 4. The average Bonchev–Trinajstić information content (AvgIpc) is 3.89. The molecule has 0 radical (unpaired) electrons. The maximum Gasteiger partial charge on any atom is 0.159 e. The van der Waals surface area contributed by atoms with E-state index in [9.17, 15) is 0 Å². The molecule has 4 heteroatoms. The van der Waals surface area contributed by atoms with Crippen molar-refractivity contribution in [2.75, 3.05) is 9.80 Å². The highest BCUT2D eigenvalue weighted by Crippen LogP contribution is 2.52. The molecule has 0 saturated heterocycles. The minimum Gasteiger partial charge on any atom is -0.454 e. The summed E-state index contributed by atoms with van der Waals surface area (Å²) in [6.45, 7) is 8.90. The predicted octanol–water partition coefficient (Wildman–Crippen LogP) is 21.0. The van der Waals surface area contributed by atoms with Crippen molar-refractivity contribution in [3.05, 3.63) is 191 Å². The van der Waals surface area contributed by atoms with Crippen LogP contribution >= 0.6 is 0 Å². The lowest BCUT2D eigenvalue weighted by atomic mass is 9.83. The SMILES string of the molecule is Cc1ccc(C)c(N(c2ccc3ccc4c(N(c5cc(C)ccc5C)c5cccc6c5oc5c(C7CCCCC7)cccc56)ccc5ccc2c3c54)c2cccc3c2oc2c(C4CCCCCC4)cccc23)c1. The molecule has 2 fully saturated rings. The van der Waals surface area contributed by atoms with E-state index in [1.807, 2.05) is 0 Å². The molecule has 0 bridgehead atoms. The zero-order valence-corrected chi connectivity index (χ0v) is 42.7. The molecule has 360 valence electrons. The zero-order valence-electron chi connectivity index (χ0n) is 42.7. The van der Waals surface area contributed by atoms with Gasteiger partial charge < -0.3 is 18.6 Å². The average molecular weight is 951 g/mol. The summed E-state index contributed by atoms with van der Waals surface area (Å²) in [6, 6.07) is 59.7. The molecule has 10 aromatic carbocycles. The van der Waals surface area contributed by atoms with E-state index < -0.39 is 0 Å². The molecule has 2 saturated carbocycles. The van der Waals surface area contributed by atoms with Gasteiger partial charge in [0, 0.05) is 43.7 Å². The lowest BCUT2D eigenvalue weighted by Crippen LogP contribution is -2.13. The van der Waals surface area contributed by atoms with Crippen LogP contribution in [0.5, 0.6) is 0 Å². The van der Waals surface area contributed by atoms with Gasteiger partial charge in [-0.15, -0.1) is 0 Å². The summed E-state index contributed by atoms with van der Waals surface area (Å²) in [5.41, 5.74) is 18.2. The highest BCUT2D eigenvalue weighted by Gasteiger charge is 2.29. The second-order valence-corrected chi connectivity index (χ2v) is 21.8. The van der Waals surface area contributed by atoms with Crippen LogP contribution in [0.3, 0.4) is 0 Å². The van der Waals surface area contributed by atoms with Gasteiger partial charge in [0.2, 0.25) is 0 Å². The van der Waals surface area contributed by atoms with Gasteiger partial charge in [-0.05, 0) is 157 Å². The van der Waals surface area contributed by atoms with E-state index >= 15 is 0 Å². The highest BCUT2D eigenvalue weighted by molar-refractivity contribution is 6.29. The predicted molar refractivity (Wildman–Crippen MR) is 309 cm³/mol. The van der Waals surface area contributed by atoms with Crippen LogP contribution in [0.15, 0.2) is 167 Å². The lowest BCUT2D eigenvalue weighted by molar-refractivity contribution is 0.442. The number of hydrogen-bond donors (Lipinski definition) is 0. The molecule has 0 unspecified atom stereocenters. The molecule has 73 heavy (non-hydrogen) atoms. The Hall–Kier alpha value is -7.56. The Kier molecular flexibility index (Phi) is 10.6. The first-order valence-electron chi connectivity index (χ1n) is 27.2. The second kappa shape index (κ2) is 17.6. The van der Waals surface area contributed by atoms with Crippen molar-refractivity contribution in [2.24, 2.45) is 0 Å². The van der Waals surface area contributed by atoms with Crippen molar-refractivity contribution in [3.63, 3.8) is 0 Å². The maximum absolute atomic E-state index is 7.30. The van der Waals surface area contributed by atoms with Crippen LogP contribution in [-0.2, 0) is 0 Å². The Morgan fingerprint density at radius 1 is 0.329 bits per heavy atom. The quantitative estimate of drug-likeness (QED) is 0.112. The molecule has 0 N–H and O–H groups in total. The molecule has 14 rings (SSSR count). The standard InChI is InChI=1S/C69H62N2O2/c1-42-28-30-44(3)62(40-42)70(60-26-14-24-54-52-22-12-20-50(66(52)72-68(54)60)46-16-8-5-6-9-17-46)58-38-34-48-33-37-57-59(39-35-49-32-36-56(58)64(48)65(49)57)71(63-41-43(2)29-31-45(63)4)61-27-15-25-55-53-23-13-21-51(67(53)73-69(55)61)47-18-10-7-11-19-47/h12-15,20-41,46-47H,5-11,16-19H2,1-4H3. The monoisotopic (exact) mass is 950 g/mol. The van der Waals surface area contributed by atoms with Crippen LogP contribution in [0, 0.1) is 27.7 Å². The fourth-order valence-electron chi connectivity index (χ4n) is 13.5. The molecular weight excluding hydrogens is 889 g/mol. The van der Waals surface area contributed by atoms with Crippen LogP contribution in [-0.4, -0.2) is 0 Å². The zero-order chi connectivity index (χ0) is 48.9. The minimum absolute atomic E-state index is 0.518. The number of rotatable bonds is 8. The normalized spacial score (nSPS) is 15.2. The van der Waals surface area contributed by atoms with Crippen LogP contribution in [0.25, 0.3) is 76.2 Å². The second-order valence-electron chi connectivity index (χ2n) is 21.8. The molecule has 2 aliphatic rings. The molecule has 12 aromatic rings. The third kappa shape index (κ3) is 7.15. The Morgan fingerprint density at radius 3 is 1.15 bits per heavy atom.